The zero-order valence-corrected chi connectivity index (χ0v) is 19.2. The Labute approximate surface area is 200 Å². The maximum Gasteiger partial charge on any atom is 0.335 e. The molecule has 0 aliphatic rings. The molecule has 2 N–H and O–H groups in total. The summed E-state index contributed by atoms with van der Waals surface area (Å²) in [6.45, 7) is -0.579. The molecule has 0 aliphatic carbocycles. The minimum absolute atomic E-state index is 0.00843. The van der Waals surface area contributed by atoms with Gasteiger partial charge in [-0.05, 0) is 48.0 Å². The minimum atomic E-state index is -4.11. The number of sulfonamides is 1. The van der Waals surface area contributed by atoms with Crippen LogP contribution in [-0.4, -0.2) is 38.2 Å². The van der Waals surface area contributed by atoms with Crippen LogP contribution in [0.25, 0.3) is 0 Å². The van der Waals surface area contributed by atoms with Crippen molar-refractivity contribution in [1.82, 2.24) is 5.43 Å². The standard InChI is InChI=1S/C22H17Cl2N3O5S/c23-19-11-10-17(12-20(19)24)27(33(31,32)18-4-2-1-3-5-18)14-21(28)26-25-13-15-6-8-16(9-7-15)22(29)30/h1-13H,14H2,(H,26,28)(H,29,30)/b25-13-. The monoisotopic (exact) mass is 505 g/mol. The Morgan fingerprint density at radius 1 is 0.970 bits per heavy atom. The molecular formula is C22H17Cl2N3O5S. The maximum atomic E-state index is 13.2. The smallest absolute Gasteiger partial charge is 0.335 e. The molecule has 0 radical (unpaired) electrons. The predicted molar refractivity (Wildman–Crippen MR) is 127 cm³/mol. The van der Waals surface area contributed by atoms with E-state index >= 15 is 0 Å². The van der Waals surface area contributed by atoms with Crippen LogP contribution in [0, 0.1) is 0 Å². The minimum Gasteiger partial charge on any atom is -0.478 e. The van der Waals surface area contributed by atoms with Crippen LogP contribution in [0.5, 0.6) is 0 Å². The molecule has 170 valence electrons. The van der Waals surface area contributed by atoms with Crippen molar-refractivity contribution in [3.63, 3.8) is 0 Å². The van der Waals surface area contributed by atoms with E-state index in [2.05, 4.69) is 10.5 Å². The van der Waals surface area contributed by atoms with Crippen molar-refractivity contribution in [2.45, 2.75) is 4.90 Å². The molecule has 11 heteroatoms. The summed E-state index contributed by atoms with van der Waals surface area (Å²) in [5.74, 6) is -1.77. The molecule has 0 unspecified atom stereocenters. The zero-order valence-electron chi connectivity index (χ0n) is 16.9. The van der Waals surface area contributed by atoms with Gasteiger partial charge in [0, 0.05) is 0 Å². The van der Waals surface area contributed by atoms with E-state index < -0.39 is 28.4 Å². The summed E-state index contributed by atoms with van der Waals surface area (Å²) in [6.07, 6.45) is 1.30. The molecule has 0 atom stereocenters. The Balaban J connectivity index is 1.81. The van der Waals surface area contributed by atoms with E-state index in [1.165, 1.54) is 60.8 Å². The second-order valence-corrected chi connectivity index (χ2v) is 9.32. The van der Waals surface area contributed by atoms with E-state index in [9.17, 15) is 18.0 Å². The van der Waals surface area contributed by atoms with Crippen LogP contribution < -0.4 is 9.73 Å². The highest BCUT2D eigenvalue weighted by molar-refractivity contribution is 7.92. The van der Waals surface area contributed by atoms with Gasteiger partial charge in [0.2, 0.25) is 0 Å². The fourth-order valence-corrected chi connectivity index (χ4v) is 4.46. The maximum absolute atomic E-state index is 13.2. The molecule has 0 aromatic heterocycles. The fourth-order valence-electron chi connectivity index (χ4n) is 2.73. The van der Waals surface area contributed by atoms with Crippen molar-refractivity contribution < 1.29 is 23.1 Å². The van der Waals surface area contributed by atoms with Gasteiger partial charge in [-0.2, -0.15) is 5.10 Å². The number of carboxylic acids is 1. The normalized spacial score (nSPS) is 11.3. The van der Waals surface area contributed by atoms with E-state index in [0.29, 0.717) is 5.56 Å². The number of hydrogen-bond donors (Lipinski definition) is 2. The Morgan fingerprint density at radius 3 is 2.24 bits per heavy atom. The molecule has 3 rings (SSSR count). The molecule has 0 bridgehead atoms. The van der Waals surface area contributed by atoms with Crippen molar-refractivity contribution in [2.24, 2.45) is 5.10 Å². The third-order valence-corrected chi connectivity index (χ3v) is 6.90. The van der Waals surface area contributed by atoms with Crippen LogP contribution in [0.4, 0.5) is 5.69 Å². The quantitative estimate of drug-likeness (QED) is 0.354. The number of carbonyl (C=O) groups is 2. The second kappa shape index (κ2) is 10.5. The number of aromatic carboxylic acids is 1. The van der Waals surface area contributed by atoms with Crippen molar-refractivity contribution >= 4 is 57.0 Å². The van der Waals surface area contributed by atoms with Gasteiger partial charge in [0.25, 0.3) is 15.9 Å². The number of halogens is 2. The molecule has 0 saturated heterocycles. The van der Waals surface area contributed by atoms with Crippen LogP contribution in [0.15, 0.2) is 82.8 Å². The topological polar surface area (TPSA) is 116 Å². The Hall–Kier alpha value is -3.40. The third-order valence-electron chi connectivity index (χ3n) is 4.37. The molecule has 0 heterocycles. The van der Waals surface area contributed by atoms with Gasteiger partial charge in [0.1, 0.15) is 6.54 Å². The van der Waals surface area contributed by atoms with E-state index in [4.69, 9.17) is 28.3 Å². The first-order valence-electron chi connectivity index (χ1n) is 9.36. The fraction of sp³-hybridized carbons (Fsp3) is 0.0455. The van der Waals surface area contributed by atoms with Gasteiger partial charge in [-0.3, -0.25) is 9.10 Å². The van der Waals surface area contributed by atoms with Crippen molar-refractivity contribution in [3.05, 3.63) is 94.0 Å². The van der Waals surface area contributed by atoms with E-state index in [1.54, 1.807) is 18.2 Å². The highest BCUT2D eigenvalue weighted by Crippen LogP contribution is 2.30. The summed E-state index contributed by atoms with van der Waals surface area (Å²) < 4.78 is 27.4. The lowest BCUT2D eigenvalue weighted by atomic mass is 10.1. The average molecular weight is 506 g/mol. The highest BCUT2D eigenvalue weighted by Gasteiger charge is 2.27. The molecule has 0 saturated carbocycles. The number of anilines is 1. The molecule has 0 aliphatic heterocycles. The summed E-state index contributed by atoms with van der Waals surface area (Å²) in [7, 11) is -4.11. The number of hydrazone groups is 1. The van der Waals surface area contributed by atoms with E-state index in [-0.39, 0.29) is 26.2 Å². The first-order chi connectivity index (χ1) is 15.7. The summed E-state index contributed by atoms with van der Waals surface area (Å²) in [5.41, 5.74) is 3.07. The van der Waals surface area contributed by atoms with Crippen LogP contribution in [0.2, 0.25) is 10.0 Å². The summed E-state index contributed by atoms with van der Waals surface area (Å²) >= 11 is 12.0. The summed E-state index contributed by atoms with van der Waals surface area (Å²) in [6, 6.07) is 17.7. The number of carboxylic acid groups (broad SMARTS) is 1. The van der Waals surface area contributed by atoms with Crippen molar-refractivity contribution in [3.8, 4) is 0 Å². The lowest BCUT2D eigenvalue weighted by molar-refractivity contribution is -0.119. The zero-order chi connectivity index (χ0) is 24.0. The molecule has 8 nitrogen and oxygen atoms in total. The molecule has 0 spiro atoms. The predicted octanol–water partition coefficient (Wildman–Crippen LogP) is 4.04. The molecular weight excluding hydrogens is 489 g/mol. The van der Waals surface area contributed by atoms with Crippen molar-refractivity contribution in [1.29, 1.82) is 0 Å². The molecule has 0 fully saturated rings. The first kappa shape index (κ1) is 24.2. The number of benzene rings is 3. The Kier molecular flexibility index (Phi) is 7.70. The number of rotatable bonds is 8. The number of carbonyl (C=O) groups excluding carboxylic acids is 1. The average Bonchev–Trinajstić information content (AvgIpc) is 2.80. The molecule has 33 heavy (non-hydrogen) atoms. The second-order valence-electron chi connectivity index (χ2n) is 6.64. The lowest BCUT2D eigenvalue weighted by Crippen LogP contribution is -2.39. The third kappa shape index (κ3) is 6.10. The van der Waals surface area contributed by atoms with E-state index in [0.717, 1.165) is 4.31 Å². The van der Waals surface area contributed by atoms with Gasteiger partial charge >= 0.3 is 5.97 Å². The lowest BCUT2D eigenvalue weighted by Gasteiger charge is -2.24. The van der Waals surface area contributed by atoms with Crippen LogP contribution in [0.1, 0.15) is 15.9 Å². The highest BCUT2D eigenvalue weighted by atomic mass is 35.5. The van der Waals surface area contributed by atoms with Gasteiger partial charge in [-0.15, -0.1) is 0 Å². The molecule has 1 amide bonds. The number of amides is 1. The van der Waals surface area contributed by atoms with Gasteiger partial charge in [-0.25, -0.2) is 18.6 Å². The SMILES string of the molecule is O=C(CN(c1ccc(Cl)c(Cl)c1)S(=O)(=O)c1ccccc1)N/N=C\c1ccc(C(=O)O)cc1. The van der Waals surface area contributed by atoms with Crippen LogP contribution >= 0.6 is 23.2 Å². The number of hydrogen-bond acceptors (Lipinski definition) is 5. The van der Waals surface area contributed by atoms with Gasteiger partial charge in [-0.1, -0.05) is 53.5 Å². The van der Waals surface area contributed by atoms with Gasteiger partial charge in [0.15, 0.2) is 0 Å². The largest absolute Gasteiger partial charge is 0.478 e. The Morgan fingerprint density at radius 2 is 1.64 bits per heavy atom. The van der Waals surface area contributed by atoms with E-state index in [1.807, 2.05) is 0 Å². The summed E-state index contributed by atoms with van der Waals surface area (Å²) in [5, 5.41) is 13.1. The van der Waals surface area contributed by atoms with Crippen molar-refractivity contribution in [2.75, 3.05) is 10.8 Å². The molecule has 3 aromatic carbocycles. The number of nitrogens with zero attached hydrogens (tertiary/aromatic N) is 2. The molecule has 3 aromatic rings. The Bertz CT molecular complexity index is 1300. The van der Waals surface area contributed by atoms with Crippen LogP contribution in [0.3, 0.4) is 0 Å². The van der Waals surface area contributed by atoms with Gasteiger partial charge < -0.3 is 5.11 Å². The van der Waals surface area contributed by atoms with Gasteiger partial charge in [0.05, 0.1) is 32.4 Å². The summed E-state index contributed by atoms with van der Waals surface area (Å²) in [4.78, 5) is 23.4. The first-order valence-corrected chi connectivity index (χ1v) is 11.6. The van der Waals surface area contributed by atoms with Crippen LogP contribution in [-0.2, 0) is 14.8 Å². The number of nitrogens with one attached hydrogen (secondary N) is 1.